The number of imide groups is 1. The number of Topliss-reactive ketones (excluding diaryl/α,β-unsaturated/α-hetero) is 1. The minimum Gasteiger partial charge on any atom is -0.480 e. The molecule has 3 aromatic rings. The lowest BCUT2D eigenvalue weighted by molar-refractivity contribution is -0.384. The summed E-state index contributed by atoms with van der Waals surface area (Å²) in [7, 11) is 3.76. The molecule has 0 bridgehead atoms. The van der Waals surface area contributed by atoms with Gasteiger partial charge in [-0.15, -0.1) is 0 Å². The highest BCUT2D eigenvalue weighted by Gasteiger charge is 2.68. The van der Waals surface area contributed by atoms with Gasteiger partial charge in [-0.2, -0.15) is 0 Å². The first-order chi connectivity index (χ1) is 19.4. The van der Waals surface area contributed by atoms with Gasteiger partial charge in [0.15, 0.2) is 5.78 Å². The first-order valence-corrected chi connectivity index (χ1v) is 12.9. The Bertz CT molecular complexity index is 1550. The fourth-order valence-corrected chi connectivity index (χ4v) is 5.86. The van der Waals surface area contributed by atoms with Crippen LogP contribution in [0.2, 0.25) is 0 Å². The van der Waals surface area contributed by atoms with Crippen molar-refractivity contribution in [2.45, 2.75) is 24.9 Å². The third-order valence-electron chi connectivity index (χ3n) is 7.97. The summed E-state index contributed by atoms with van der Waals surface area (Å²) in [4.78, 5) is 66.4. The number of rotatable bonds is 8. The maximum atomic E-state index is 14.0. The second-order valence-corrected chi connectivity index (χ2v) is 10.6. The quantitative estimate of drug-likeness (QED) is 0.184. The van der Waals surface area contributed by atoms with Gasteiger partial charge in [0.05, 0.1) is 22.4 Å². The van der Waals surface area contributed by atoms with Crippen LogP contribution in [0.25, 0.3) is 0 Å². The number of carboxylic acids is 1. The first-order valence-electron chi connectivity index (χ1n) is 12.9. The van der Waals surface area contributed by atoms with Crippen molar-refractivity contribution in [1.29, 1.82) is 0 Å². The molecule has 0 spiro atoms. The van der Waals surface area contributed by atoms with Gasteiger partial charge in [0.2, 0.25) is 11.8 Å². The number of carbonyl (C=O) groups excluding carboxylic acids is 3. The van der Waals surface area contributed by atoms with Gasteiger partial charge in [0, 0.05) is 49.9 Å². The normalized spacial score (nSPS) is 23.4. The molecule has 11 heteroatoms. The van der Waals surface area contributed by atoms with Crippen LogP contribution in [-0.4, -0.2) is 53.2 Å². The maximum absolute atomic E-state index is 14.0. The van der Waals surface area contributed by atoms with Crippen molar-refractivity contribution in [3.63, 3.8) is 0 Å². The SMILES string of the molecule is CC(=O)c1ccc(N2C(=O)C3C(c4ccc(N(C)C)cc4)NC(Cc4ccc([N+](=O)[O-])cc4)(C(=O)O)C3C2=O)cc1. The number of anilines is 2. The number of nitro benzene ring substituents is 1. The smallest absolute Gasteiger partial charge is 0.325 e. The largest absolute Gasteiger partial charge is 0.480 e. The lowest BCUT2D eigenvalue weighted by Gasteiger charge is -2.31. The highest BCUT2D eigenvalue weighted by molar-refractivity contribution is 6.24. The lowest BCUT2D eigenvalue weighted by atomic mass is 9.76. The van der Waals surface area contributed by atoms with E-state index in [9.17, 15) is 34.4 Å². The molecule has 2 aliphatic rings. The van der Waals surface area contributed by atoms with E-state index in [1.165, 1.54) is 55.5 Å². The molecule has 2 aliphatic heterocycles. The summed E-state index contributed by atoms with van der Waals surface area (Å²) in [6.45, 7) is 1.41. The van der Waals surface area contributed by atoms with E-state index in [-0.39, 0.29) is 23.6 Å². The van der Waals surface area contributed by atoms with Crippen molar-refractivity contribution in [1.82, 2.24) is 5.32 Å². The van der Waals surface area contributed by atoms with Crippen LogP contribution in [0, 0.1) is 22.0 Å². The van der Waals surface area contributed by atoms with Gasteiger partial charge in [0.25, 0.3) is 5.69 Å². The van der Waals surface area contributed by atoms with Crippen molar-refractivity contribution in [2.75, 3.05) is 23.9 Å². The topological polar surface area (TPSA) is 150 Å². The molecule has 3 aromatic carbocycles. The van der Waals surface area contributed by atoms with E-state index in [2.05, 4.69) is 5.32 Å². The molecule has 210 valence electrons. The number of fused-ring (bicyclic) bond motifs is 1. The number of aliphatic carboxylic acids is 1. The number of carbonyl (C=O) groups is 4. The lowest BCUT2D eigenvalue weighted by Crippen LogP contribution is -2.57. The number of amides is 2. The van der Waals surface area contributed by atoms with E-state index in [1.807, 2.05) is 31.1 Å². The van der Waals surface area contributed by atoms with Gasteiger partial charge >= 0.3 is 5.97 Å². The summed E-state index contributed by atoms with van der Waals surface area (Å²) < 4.78 is 0. The molecule has 11 nitrogen and oxygen atoms in total. The van der Waals surface area contributed by atoms with E-state index in [0.717, 1.165) is 10.6 Å². The summed E-state index contributed by atoms with van der Waals surface area (Å²) in [5.74, 6) is -5.00. The Morgan fingerprint density at radius 2 is 1.59 bits per heavy atom. The number of non-ortho nitro benzene ring substituents is 1. The van der Waals surface area contributed by atoms with Crippen LogP contribution in [0.3, 0.4) is 0 Å². The molecule has 2 saturated heterocycles. The second kappa shape index (κ2) is 10.3. The number of nitrogens with zero attached hydrogens (tertiary/aromatic N) is 3. The standard InChI is InChI=1S/C30H28N4O7/c1-17(35)19-6-14-22(15-7-19)33-27(36)24-25(28(33)37)30(29(38)39,16-18-4-10-23(11-5-18)34(40)41)31-26(24)20-8-12-21(13-9-20)32(2)3/h4-15,24-26,31H,16H2,1-3H3,(H,38,39). The van der Waals surface area contributed by atoms with Crippen molar-refractivity contribution in [3.8, 4) is 0 Å². The highest BCUT2D eigenvalue weighted by atomic mass is 16.6. The molecule has 2 N–H and O–H groups in total. The van der Waals surface area contributed by atoms with E-state index in [4.69, 9.17) is 0 Å². The Balaban J connectivity index is 1.61. The molecule has 2 heterocycles. The predicted molar refractivity (Wildman–Crippen MR) is 150 cm³/mol. The summed E-state index contributed by atoms with van der Waals surface area (Å²) in [5, 5.41) is 25.0. The number of nitrogens with one attached hydrogen (secondary N) is 1. The molecule has 41 heavy (non-hydrogen) atoms. The number of hydrogen-bond acceptors (Lipinski definition) is 8. The van der Waals surface area contributed by atoms with E-state index in [1.54, 1.807) is 12.1 Å². The first kappa shape index (κ1) is 27.7. The van der Waals surface area contributed by atoms with E-state index in [0.29, 0.717) is 16.7 Å². The van der Waals surface area contributed by atoms with Crippen LogP contribution in [-0.2, 0) is 20.8 Å². The number of ketones is 1. The van der Waals surface area contributed by atoms with Gasteiger partial charge in [-0.25, -0.2) is 4.90 Å². The van der Waals surface area contributed by atoms with Gasteiger partial charge < -0.3 is 10.0 Å². The molecular weight excluding hydrogens is 528 g/mol. The van der Waals surface area contributed by atoms with Gasteiger partial charge in [-0.1, -0.05) is 24.3 Å². The summed E-state index contributed by atoms with van der Waals surface area (Å²) in [6.07, 6.45) is -0.191. The molecule has 2 fully saturated rings. The molecule has 2 amide bonds. The average Bonchev–Trinajstić information content (AvgIpc) is 3.42. The molecule has 0 aromatic heterocycles. The Hall–Kier alpha value is -4.90. The van der Waals surface area contributed by atoms with Crippen LogP contribution in [0.4, 0.5) is 17.1 Å². The minimum atomic E-state index is -1.88. The summed E-state index contributed by atoms with van der Waals surface area (Å²) in [6, 6.07) is 18.0. The zero-order valence-corrected chi connectivity index (χ0v) is 22.6. The monoisotopic (exact) mass is 556 g/mol. The molecule has 4 atom stereocenters. The molecular formula is C30H28N4O7. The number of hydrogen-bond donors (Lipinski definition) is 2. The predicted octanol–water partition coefficient (Wildman–Crippen LogP) is 3.38. The average molecular weight is 557 g/mol. The van der Waals surface area contributed by atoms with Crippen LogP contribution in [0.15, 0.2) is 72.8 Å². The molecule has 0 radical (unpaired) electrons. The van der Waals surface area contributed by atoms with Crippen molar-refractivity contribution < 1.29 is 29.2 Å². The fraction of sp³-hybridized carbons (Fsp3) is 0.267. The third-order valence-corrected chi connectivity index (χ3v) is 7.97. The number of benzene rings is 3. The summed E-state index contributed by atoms with van der Waals surface area (Å²) >= 11 is 0. The molecule has 0 saturated carbocycles. The van der Waals surface area contributed by atoms with E-state index < -0.39 is 46.1 Å². The Morgan fingerprint density at radius 1 is 0.976 bits per heavy atom. The van der Waals surface area contributed by atoms with Crippen LogP contribution >= 0.6 is 0 Å². The van der Waals surface area contributed by atoms with Crippen LogP contribution < -0.4 is 15.1 Å². The minimum absolute atomic E-state index is 0.151. The van der Waals surface area contributed by atoms with Crippen molar-refractivity contribution in [3.05, 3.63) is 99.6 Å². The second-order valence-electron chi connectivity index (χ2n) is 10.6. The fourth-order valence-electron chi connectivity index (χ4n) is 5.86. The molecule has 5 rings (SSSR count). The highest BCUT2D eigenvalue weighted by Crippen LogP contribution is 2.51. The maximum Gasteiger partial charge on any atom is 0.325 e. The van der Waals surface area contributed by atoms with Crippen molar-refractivity contribution >= 4 is 40.6 Å². The van der Waals surface area contributed by atoms with Crippen molar-refractivity contribution in [2.24, 2.45) is 11.8 Å². The Labute approximate surface area is 235 Å². The number of nitro groups is 1. The molecule has 0 aliphatic carbocycles. The van der Waals surface area contributed by atoms with E-state index >= 15 is 0 Å². The van der Waals surface area contributed by atoms with Gasteiger partial charge in [-0.3, -0.25) is 34.6 Å². The third kappa shape index (κ3) is 4.63. The summed E-state index contributed by atoms with van der Waals surface area (Å²) in [5.41, 5.74) is 0.625. The Morgan fingerprint density at radius 3 is 2.10 bits per heavy atom. The molecule has 4 unspecified atom stereocenters. The Kier molecular flexibility index (Phi) is 6.92. The number of carboxylic acid groups (broad SMARTS) is 1. The van der Waals surface area contributed by atoms with Gasteiger partial charge in [0.1, 0.15) is 5.54 Å². The zero-order valence-electron chi connectivity index (χ0n) is 22.6. The van der Waals surface area contributed by atoms with Crippen LogP contribution in [0.1, 0.15) is 34.5 Å². The van der Waals surface area contributed by atoms with Gasteiger partial charge in [-0.05, 0) is 54.4 Å². The zero-order chi connectivity index (χ0) is 29.6. The van der Waals surface area contributed by atoms with Crippen LogP contribution in [0.5, 0.6) is 0 Å².